The van der Waals surface area contributed by atoms with E-state index in [4.69, 9.17) is 0 Å². The number of halogens is 1. The van der Waals surface area contributed by atoms with Crippen LogP contribution in [0, 0.1) is 15.9 Å². The molecular formula is C19H17FN2O4. The lowest BCUT2D eigenvalue weighted by molar-refractivity contribution is -0.384. The molecule has 1 aromatic heterocycles. The van der Waals surface area contributed by atoms with Gasteiger partial charge in [0.05, 0.1) is 18.5 Å². The number of carbonyl (C=O) groups excluding carboxylic acids is 1. The van der Waals surface area contributed by atoms with Crippen LogP contribution in [0.1, 0.15) is 17.5 Å². The molecule has 0 spiro atoms. The summed E-state index contributed by atoms with van der Waals surface area (Å²) in [6.45, 7) is 0.407. The summed E-state index contributed by atoms with van der Waals surface area (Å²) in [6, 6.07) is 10.8. The summed E-state index contributed by atoms with van der Waals surface area (Å²) >= 11 is 0. The molecule has 3 rings (SSSR count). The van der Waals surface area contributed by atoms with Crippen LogP contribution >= 0.6 is 0 Å². The van der Waals surface area contributed by atoms with Crippen molar-refractivity contribution in [2.75, 3.05) is 7.11 Å². The Balaban J connectivity index is 2.01. The van der Waals surface area contributed by atoms with Crippen LogP contribution in [0.15, 0.2) is 48.7 Å². The molecule has 2 aromatic carbocycles. The lowest BCUT2D eigenvalue weighted by Crippen LogP contribution is -2.06. The molecule has 0 saturated heterocycles. The Hall–Kier alpha value is -3.22. The van der Waals surface area contributed by atoms with E-state index in [2.05, 4.69) is 4.74 Å². The van der Waals surface area contributed by atoms with Crippen molar-refractivity contribution in [1.82, 2.24) is 4.57 Å². The second kappa shape index (κ2) is 7.35. The fourth-order valence-electron chi connectivity index (χ4n) is 2.93. The first-order valence-electron chi connectivity index (χ1n) is 8.05. The van der Waals surface area contributed by atoms with Crippen molar-refractivity contribution in [2.24, 2.45) is 0 Å². The van der Waals surface area contributed by atoms with Crippen molar-refractivity contribution < 1.29 is 18.8 Å². The van der Waals surface area contributed by atoms with Gasteiger partial charge in [0.1, 0.15) is 5.82 Å². The molecule has 7 heteroatoms. The van der Waals surface area contributed by atoms with Crippen LogP contribution in [0.4, 0.5) is 10.1 Å². The summed E-state index contributed by atoms with van der Waals surface area (Å²) in [5.74, 6) is -0.640. The number of hydrogen-bond donors (Lipinski definition) is 0. The van der Waals surface area contributed by atoms with Crippen LogP contribution in [0.3, 0.4) is 0 Å². The predicted octanol–water partition coefficient (Wildman–Crippen LogP) is 3.84. The first-order valence-corrected chi connectivity index (χ1v) is 8.05. The lowest BCUT2D eigenvalue weighted by atomic mass is 10.0. The van der Waals surface area contributed by atoms with Gasteiger partial charge in [-0.15, -0.1) is 0 Å². The number of nitro groups is 1. The third-order valence-corrected chi connectivity index (χ3v) is 4.25. The van der Waals surface area contributed by atoms with E-state index >= 15 is 0 Å². The monoisotopic (exact) mass is 356 g/mol. The van der Waals surface area contributed by atoms with Crippen LogP contribution in [-0.4, -0.2) is 22.6 Å². The Morgan fingerprint density at radius 1 is 1.23 bits per heavy atom. The zero-order valence-electron chi connectivity index (χ0n) is 14.1. The molecule has 0 amide bonds. The van der Waals surface area contributed by atoms with E-state index in [0.717, 1.165) is 22.0 Å². The Morgan fingerprint density at radius 3 is 2.62 bits per heavy atom. The Morgan fingerprint density at radius 2 is 1.96 bits per heavy atom. The van der Waals surface area contributed by atoms with Crippen LogP contribution in [0.2, 0.25) is 0 Å². The molecule has 134 valence electrons. The highest BCUT2D eigenvalue weighted by Gasteiger charge is 2.15. The number of esters is 1. The van der Waals surface area contributed by atoms with Crippen molar-refractivity contribution >= 4 is 22.6 Å². The molecule has 0 aliphatic carbocycles. The number of nitro benzene ring substituents is 1. The van der Waals surface area contributed by atoms with Crippen LogP contribution in [-0.2, 0) is 22.5 Å². The standard InChI is InChI=1S/C19H17FN2O4/c1-26-19(23)8-9-21-12-14(10-13-2-4-15(20)5-3-13)17-11-16(22(24)25)6-7-18(17)21/h2-7,11-12H,8-10H2,1H3. The van der Waals surface area contributed by atoms with Gasteiger partial charge in [0.15, 0.2) is 0 Å². The number of nitrogens with zero attached hydrogens (tertiary/aromatic N) is 2. The van der Waals surface area contributed by atoms with Gasteiger partial charge in [-0.2, -0.15) is 0 Å². The van der Waals surface area contributed by atoms with Gasteiger partial charge in [-0.1, -0.05) is 12.1 Å². The van der Waals surface area contributed by atoms with Gasteiger partial charge < -0.3 is 9.30 Å². The van der Waals surface area contributed by atoms with Gasteiger partial charge in [-0.3, -0.25) is 14.9 Å². The second-order valence-corrected chi connectivity index (χ2v) is 5.94. The molecule has 26 heavy (non-hydrogen) atoms. The summed E-state index contributed by atoms with van der Waals surface area (Å²) in [5.41, 5.74) is 2.57. The number of rotatable bonds is 6. The average molecular weight is 356 g/mol. The van der Waals surface area contributed by atoms with E-state index < -0.39 is 4.92 Å². The smallest absolute Gasteiger partial charge is 0.307 e. The minimum absolute atomic E-state index is 0.00331. The Labute approximate surface area is 149 Å². The highest BCUT2D eigenvalue weighted by molar-refractivity contribution is 5.86. The number of methoxy groups -OCH3 is 1. The topological polar surface area (TPSA) is 74.4 Å². The maximum absolute atomic E-state index is 13.1. The molecule has 0 unspecified atom stereocenters. The third kappa shape index (κ3) is 3.72. The number of hydrogen-bond acceptors (Lipinski definition) is 4. The van der Waals surface area contributed by atoms with Crippen LogP contribution in [0.5, 0.6) is 0 Å². The molecule has 0 N–H and O–H groups in total. The normalized spacial score (nSPS) is 10.8. The molecule has 0 aliphatic rings. The van der Waals surface area contributed by atoms with Gasteiger partial charge in [0.2, 0.25) is 0 Å². The summed E-state index contributed by atoms with van der Waals surface area (Å²) < 4.78 is 19.7. The molecule has 0 radical (unpaired) electrons. The van der Waals surface area contributed by atoms with E-state index in [9.17, 15) is 19.3 Å². The number of benzene rings is 2. The van der Waals surface area contributed by atoms with Crippen LogP contribution < -0.4 is 0 Å². The van der Waals surface area contributed by atoms with E-state index in [-0.39, 0.29) is 23.9 Å². The van der Waals surface area contributed by atoms with Crippen molar-refractivity contribution in [2.45, 2.75) is 19.4 Å². The largest absolute Gasteiger partial charge is 0.469 e. The highest BCUT2D eigenvalue weighted by Crippen LogP contribution is 2.28. The van der Waals surface area contributed by atoms with E-state index in [1.54, 1.807) is 18.2 Å². The minimum Gasteiger partial charge on any atom is -0.469 e. The molecule has 3 aromatic rings. The van der Waals surface area contributed by atoms with E-state index in [1.165, 1.54) is 31.4 Å². The predicted molar refractivity (Wildman–Crippen MR) is 94.4 cm³/mol. The maximum Gasteiger partial charge on any atom is 0.307 e. The van der Waals surface area contributed by atoms with Crippen molar-refractivity contribution in [1.29, 1.82) is 0 Å². The van der Waals surface area contributed by atoms with Gasteiger partial charge in [0, 0.05) is 35.8 Å². The number of ether oxygens (including phenoxy) is 1. The number of non-ortho nitro benzene ring substituents is 1. The van der Waals surface area contributed by atoms with Crippen molar-refractivity contribution in [3.05, 3.63) is 75.7 Å². The number of fused-ring (bicyclic) bond motifs is 1. The summed E-state index contributed by atoms with van der Waals surface area (Å²) in [4.78, 5) is 22.1. The summed E-state index contributed by atoms with van der Waals surface area (Å²) in [7, 11) is 1.33. The average Bonchev–Trinajstić information content (AvgIpc) is 2.98. The fraction of sp³-hybridized carbons (Fsp3) is 0.211. The zero-order chi connectivity index (χ0) is 18.7. The molecule has 6 nitrogen and oxygen atoms in total. The highest BCUT2D eigenvalue weighted by atomic mass is 19.1. The molecular weight excluding hydrogens is 339 g/mol. The molecule has 0 bridgehead atoms. The Kier molecular flexibility index (Phi) is 4.97. The second-order valence-electron chi connectivity index (χ2n) is 5.94. The van der Waals surface area contributed by atoms with Crippen molar-refractivity contribution in [3.63, 3.8) is 0 Å². The molecule has 0 fully saturated rings. The molecule has 0 saturated carbocycles. The van der Waals surface area contributed by atoms with Gasteiger partial charge in [-0.25, -0.2) is 4.39 Å². The van der Waals surface area contributed by atoms with Gasteiger partial charge in [-0.05, 0) is 35.7 Å². The first kappa shape index (κ1) is 17.6. The SMILES string of the molecule is COC(=O)CCn1cc(Cc2ccc(F)cc2)c2cc([N+](=O)[O-])ccc21. The Bertz CT molecular complexity index is 964. The van der Waals surface area contributed by atoms with Gasteiger partial charge >= 0.3 is 5.97 Å². The summed E-state index contributed by atoms with van der Waals surface area (Å²) in [5, 5.41) is 11.9. The van der Waals surface area contributed by atoms with E-state index in [0.29, 0.717) is 13.0 Å². The molecule has 0 atom stereocenters. The van der Waals surface area contributed by atoms with Crippen molar-refractivity contribution in [3.8, 4) is 0 Å². The first-order chi connectivity index (χ1) is 12.5. The zero-order valence-corrected chi connectivity index (χ0v) is 14.1. The number of carbonyl (C=O) groups is 1. The van der Waals surface area contributed by atoms with E-state index in [1.807, 2.05) is 10.8 Å². The van der Waals surface area contributed by atoms with Gasteiger partial charge in [0.25, 0.3) is 5.69 Å². The third-order valence-electron chi connectivity index (χ3n) is 4.25. The number of aryl methyl sites for hydroxylation is 1. The quantitative estimate of drug-likeness (QED) is 0.382. The summed E-state index contributed by atoms with van der Waals surface area (Å²) in [6.07, 6.45) is 2.58. The lowest BCUT2D eigenvalue weighted by Gasteiger charge is -2.04. The number of aromatic nitrogens is 1. The molecule has 1 heterocycles. The maximum atomic E-state index is 13.1. The molecule has 0 aliphatic heterocycles. The minimum atomic E-state index is -0.438. The van der Waals surface area contributed by atoms with Crippen LogP contribution in [0.25, 0.3) is 10.9 Å². The fourth-order valence-corrected chi connectivity index (χ4v) is 2.93.